The van der Waals surface area contributed by atoms with Gasteiger partial charge in [0.1, 0.15) is 17.2 Å². The van der Waals surface area contributed by atoms with Gasteiger partial charge in [0, 0.05) is 6.07 Å². The van der Waals surface area contributed by atoms with Crippen LogP contribution in [0.1, 0.15) is 49.5 Å². The van der Waals surface area contributed by atoms with Gasteiger partial charge in [0.15, 0.2) is 0 Å². The fourth-order valence-electron chi connectivity index (χ4n) is 3.99. The second kappa shape index (κ2) is 9.63. The number of halogens is 2. The van der Waals surface area contributed by atoms with Crippen molar-refractivity contribution in [2.75, 3.05) is 0 Å². The van der Waals surface area contributed by atoms with E-state index < -0.39 is 29.4 Å². The van der Waals surface area contributed by atoms with Gasteiger partial charge in [0.05, 0.1) is 18.6 Å². The number of hydrogen-bond acceptors (Lipinski definition) is 3. The number of carbonyl (C=O) groups is 1. The van der Waals surface area contributed by atoms with Crippen molar-refractivity contribution in [3.63, 3.8) is 0 Å². The standard InChI is InChI=1S/C27H27F2N3O2/c1-27(2,3)34-26(33)32-24(20-12-8-5-9-13-20)23(19-10-6-4-7-11-19)31-25(32)30-17-18-14-21(28)16-22(29)15-18/h4-16,23-24H,17H2,1-3H3,(H,30,31)/t23-,24+/m0/s1. The van der Waals surface area contributed by atoms with E-state index in [1.165, 1.54) is 17.0 Å². The van der Waals surface area contributed by atoms with Crippen LogP contribution >= 0.6 is 0 Å². The van der Waals surface area contributed by atoms with E-state index in [-0.39, 0.29) is 18.5 Å². The molecule has 0 spiro atoms. The predicted octanol–water partition coefficient (Wildman–Crippen LogP) is 6.14. The molecule has 0 aliphatic carbocycles. The Balaban J connectivity index is 1.78. The summed E-state index contributed by atoms with van der Waals surface area (Å²) < 4.78 is 33.1. The maximum Gasteiger partial charge on any atom is 0.417 e. The van der Waals surface area contributed by atoms with Crippen molar-refractivity contribution in [2.45, 2.75) is 45.0 Å². The van der Waals surface area contributed by atoms with Gasteiger partial charge in [-0.15, -0.1) is 0 Å². The number of amides is 1. The lowest BCUT2D eigenvalue weighted by atomic mass is 9.94. The molecule has 0 unspecified atom stereocenters. The lowest BCUT2D eigenvalue weighted by Gasteiger charge is -2.29. The number of ether oxygens (including phenoxy) is 1. The lowest BCUT2D eigenvalue weighted by molar-refractivity contribution is 0.0320. The highest BCUT2D eigenvalue weighted by molar-refractivity contribution is 5.97. The fraction of sp³-hybridized carbons (Fsp3) is 0.259. The molecule has 2 atom stereocenters. The van der Waals surface area contributed by atoms with Gasteiger partial charge in [-0.3, -0.25) is 0 Å². The molecule has 1 amide bonds. The Morgan fingerprint density at radius 2 is 1.50 bits per heavy atom. The monoisotopic (exact) mass is 463 g/mol. The van der Waals surface area contributed by atoms with Crippen molar-refractivity contribution in [1.29, 1.82) is 0 Å². The molecule has 1 aliphatic rings. The third-order valence-corrected chi connectivity index (χ3v) is 5.33. The topological polar surface area (TPSA) is 53.9 Å². The Kier molecular flexibility index (Phi) is 6.63. The molecule has 3 aromatic rings. The molecule has 1 fully saturated rings. The Bertz CT molecular complexity index is 1160. The zero-order valence-electron chi connectivity index (χ0n) is 19.3. The number of carbonyl (C=O) groups excluding carboxylic acids is 1. The largest absolute Gasteiger partial charge is 0.443 e. The van der Waals surface area contributed by atoms with E-state index in [1.807, 2.05) is 60.7 Å². The third-order valence-electron chi connectivity index (χ3n) is 5.33. The summed E-state index contributed by atoms with van der Waals surface area (Å²) in [7, 11) is 0. The lowest BCUT2D eigenvalue weighted by Crippen LogP contribution is -2.41. The molecule has 0 bridgehead atoms. The minimum atomic E-state index is -0.722. The molecule has 1 saturated heterocycles. The van der Waals surface area contributed by atoms with Crippen molar-refractivity contribution >= 4 is 12.1 Å². The first-order chi connectivity index (χ1) is 16.2. The van der Waals surface area contributed by atoms with Gasteiger partial charge in [-0.25, -0.2) is 23.5 Å². The first-order valence-electron chi connectivity index (χ1n) is 11.1. The van der Waals surface area contributed by atoms with E-state index >= 15 is 0 Å². The molecule has 0 radical (unpaired) electrons. The van der Waals surface area contributed by atoms with Crippen LogP contribution < -0.4 is 5.32 Å². The summed E-state index contributed by atoms with van der Waals surface area (Å²) in [5.41, 5.74) is 1.50. The Morgan fingerprint density at radius 1 is 0.941 bits per heavy atom. The van der Waals surface area contributed by atoms with E-state index in [2.05, 4.69) is 10.3 Å². The van der Waals surface area contributed by atoms with Gasteiger partial charge in [-0.05, 0) is 49.6 Å². The highest BCUT2D eigenvalue weighted by Gasteiger charge is 2.45. The molecule has 1 heterocycles. The first-order valence-corrected chi connectivity index (χ1v) is 11.1. The number of rotatable bonds is 4. The van der Waals surface area contributed by atoms with Gasteiger partial charge < -0.3 is 10.1 Å². The minimum absolute atomic E-state index is 0.0146. The average molecular weight is 464 g/mol. The molecular weight excluding hydrogens is 436 g/mol. The quantitative estimate of drug-likeness (QED) is 0.505. The Hall–Kier alpha value is -3.74. The fourth-order valence-corrected chi connectivity index (χ4v) is 3.99. The van der Waals surface area contributed by atoms with Crippen molar-refractivity contribution in [3.05, 3.63) is 107 Å². The second-order valence-corrected chi connectivity index (χ2v) is 9.16. The van der Waals surface area contributed by atoms with Gasteiger partial charge in [-0.1, -0.05) is 60.7 Å². The molecule has 0 aromatic heterocycles. The maximum absolute atomic E-state index is 13.7. The van der Waals surface area contributed by atoms with Crippen LogP contribution in [-0.2, 0) is 11.3 Å². The number of guanidine groups is 1. The van der Waals surface area contributed by atoms with Crippen molar-refractivity contribution < 1.29 is 18.3 Å². The van der Waals surface area contributed by atoms with E-state index in [9.17, 15) is 13.6 Å². The van der Waals surface area contributed by atoms with E-state index in [1.54, 1.807) is 20.8 Å². The number of aliphatic imine (C=N–C) groups is 1. The molecule has 1 aliphatic heterocycles. The summed E-state index contributed by atoms with van der Waals surface area (Å²) >= 11 is 0. The van der Waals surface area contributed by atoms with Crippen molar-refractivity contribution in [3.8, 4) is 0 Å². The highest BCUT2D eigenvalue weighted by atomic mass is 19.1. The van der Waals surface area contributed by atoms with E-state index in [0.29, 0.717) is 5.56 Å². The summed E-state index contributed by atoms with van der Waals surface area (Å²) in [5.74, 6) is -1.08. The van der Waals surface area contributed by atoms with Crippen molar-refractivity contribution in [1.82, 2.24) is 10.2 Å². The van der Waals surface area contributed by atoms with Crippen LogP contribution in [-0.4, -0.2) is 22.6 Å². The molecular formula is C27H27F2N3O2. The summed E-state index contributed by atoms with van der Waals surface area (Å²) in [6, 6.07) is 21.9. The highest BCUT2D eigenvalue weighted by Crippen LogP contribution is 2.40. The molecule has 1 N–H and O–H groups in total. The zero-order valence-corrected chi connectivity index (χ0v) is 19.3. The van der Waals surface area contributed by atoms with Crippen LogP contribution in [0.3, 0.4) is 0 Å². The van der Waals surface area contributed by atoms with Gasteiger partial charge in [-0.2, -0.15) is 0 Å². The Labute approximate surface area is 198 Å². The van der Waals surface area contributed by atoms with Crippen LogP contribution in [0.5, 0.6) is 0 Å². The number of hydrogen-bond donors (Lipinski definition) is 1. The summed E-state index contributed by atoms with van der Waals surface area (Å²) in [6.07, 6.45) is -0.559. The van der Waals surface area contributed by atoms with Crippen LogP contribution in [0.25, 0.3) is 0 Å². The maximum atomic E-state index is 13.7. The summed E-state index contributed by atoms with van der Waals surface area (Å²) in [4.78, 5) is 19.5. The third kappa shape index (κ3) is 5.42. The number of nitrogens with zero attached hydrogens (tertiary/aromatic N) is 2. The molecule has 3 aromatic carbocycles. The van der Waals surface area contributed by atoms with Crippen LogP contribution in [0.15, 0.2) is 83.9 Å². The van der Waals surface area contributed by atoms with Crippen molar-refractivity contribution in [2.24, 2.45) is 4.99 Å². The average Bonchev–Trinajstić information content (AvgIpc) is 3.17. The summed E-state index contributed by atoms with van der Waals surface area (Å²) in [6.45, 7) is 5.38. The Morgan fingerprint density at radius 3 is 2.06 bits per heavy atom. The molecule has 0 saturated carbocycles. The zero-order chi connectivity index (χ0) is 24.3. The smallest absolute Gasteiger partial charge is 0.417 e. The van der Waals surface area contributed by atoms with Gasteiger partial charge >= 0.3 is 6.09 Å². The van der Waals surface area contributed by atoms with Gasteiger partial charge in [0.2, 0.25) is 5.96 Å². The SMILES string of the molecule is CC(C)(C)OC(=O)N1C(=NCc2cc(F)cc(F)c2)N[C@@H](c2ccccc2)[C@H]1c1ccccc1. The molecule has 34 heavy (non-hydrogen) atoms. The van der Waals surface area contributed by atoms with E-state index in [0.717, 1.165) is 17.2 Å². The molecule has 4 rings (SSSR count). The van der Waals surface area contributed by atoms with Crippen LogP contribution in [0, 0.1) is 11.6 Å². The van der Waals surface area contributed by atoms with E-state index in [4.69, 9.17) is 4.74 Å². The molecule has 7 heteroatoms. The molecule has 176 valence electrons. The number of nitrogens with one attached hydrogen (secondary N) is 1. The van der Waals surface area contributed by atoms with Crippen LogP contribution in [0.4, 0.5) is 13.6 Å². The first kappa shape index (κ1) is 23.4. The number of benzene rings is 3. The minimum Gasteiger partial charge on any atom is -0.443 e. The predicted molar refractivity (Wildman–Crippen MR) is 127 cm³/mol. The normalized spacial score (nSPS) is 19.2. The summed E-state index contributed by atoms with van der Waals surface area (Å²) in [5, 5.41) is 3.36. The second-order valence-electron chi connectivity index (χ2n) is 9.16. The van der Waals surface area contributed by atoms with Gasteiger partial charge in [0.25, 0.3) is 0 Å². The molecule has 5 nitrogen and oxygen atoms in total. The van der Waals surface area contributed by atoms with Crippen LogP contribution in [0.2, 0.25) is 0 Å².